The van der Waals surface area contributed by atoms with Crippen LogP contribution in [-0.2, 0) is 25.5 Å². The summed E-state index contributed by atoms with van der Waals surface area (Å²) in [5.41, 5.74) is -0.398. The average Bonchev–Trinajstić information content (AvgIpc) is 3.13. The minimum Gasteiger partial charge on any atom is -0.384 e. The van der Waals surface area contributed by atoms with E-state index in [0.717, 1.165) is 12.8 Å². The van der Waals surface area contributed by atoms with Crippen LogP contribution in [0.2, 0.25) is 0 Å². The average molecular weight is 324 g/mol. The number of methoxy groups -OCH3 is 1. The van der Waals surface area contributed by atoms with E-state index in [4.69, 9.17) is 14.2 Å². The third-order valence-electron chi connectivity index (χ3n) is 4.42. The summed E-state index contributed by atoms with van der Waals surface area (Å²) in [6.07, 6.45) is 5.52. The van der Waals surface area contributed by atoms with Crippen molar-refractivity contribution in [2.75, 3.05) is 40.0 Å². The summed E-state index contributed by atoms with van der Waals surface area (Å²) < 4.78 is 18.8. The summed E-state index contributed by atoms with van der Waals surface area (Å²) in [7, 11) is 1.61. The zero-order valence-corrected chi connectivity index (χ0v) is 13.5. The first-order valence-electron chi connectivity index (χ1n) is 8.05. The van der Waals surface area contributed by atoms with Gasteiger partial charge in [-0.15, -0.1) is 0 Å². The van der Waals surface area contributed by atoms with Crippen LogP contribution in [0.4, 0.5) is 0 Å². The lowest BCUT2D eigenvalue weighted by Gasteiger charge is -2.32. The van der Waals surface area contributed by atoms with Crippen molar-refractivity contribution in [3.63, 3.8) is 0 Å². The molecule has 0 bridgehead atoms. The highest BCUT2D eigenvalue weighted by molar-refractivity contribution is 5.76. The van der Waals surface area contributed by atoms with Gasteiger partial charge in [-0.1, -0.05) is 0 Å². The van der Waals surface area contributed by atoms with Crippen LogP contribution in [0, 0.1) is 0 Å². The lowest BCUT2D eigenvalue weighted by atomic mass is 10.00. The third kappa shape index (κ3) is 4.07. The fourth-order valence-electron chi connectivity index (χ4n) is 3.25. The molecule has 2 aliphatic rings. The van der Waals surface area contributed by atoms with Crippen LogP contribution in [0.15, 0.2) is 12.7 Å². The Morgan fingerprint density at radius 3 is 3.22 bits per heavy atom. The predicted octanol–water partition coefficient (Wildman–Crippen LogP) is 0.0912. The van der Waals surface area contributed by atoms with Crippen molar-refractivity contribution in [2.45, 2.75) is 37.5 Å². The number of carbonyl (C=O) groups is 1. The van der Waals surface area contributed by atoms with Crippen molar-refractivity contribution in [1.29, 1.82) is 0 Å². The second-order valence-electron chi connectivity index (χ2n) is 6.19. The van der Waals surface area contributed by atoms with E-state index in [9.17, 15) is 4.79 Å². The summed E-state index contributed by atoms with van der Waals surface area (Å²) in [6.45, 7) is 3.41. The zero-order chi connectivity index (χ0) is 16.1. The standard InChI is InChI=1S/C15H24N4O4/c1-21-6-3-14(20)18-5-7-22-10-15(9-18)4-2-13(23-15)8-19-12-16-11-17-19/h11-13H,2-10H2,1H3. The number of amides is 1. The smallest absolute Gasteiger partial charge is 0.225 e. The van der Waals surface area contributed by atoms with E-state index in [0.29, 0.717) is 45.9 Å². The highest BCUT2D eigenvalue weighted by atomic mass is 16.6. The van der Waals surface area contributed by atoms with Gasteiger partial charge in [0.25, 0.3) is 0 Å². The largest absolute Gasteiger partial charge is 0.384 e. The van der Waals surface area contributed by atoms with Gasteiger partial charge in [-0.2, -0.15) is 5.10 Å². The van der Waals surface area contributed by atoms with E-state index in [1.54, 1.807) is 18.1 Å². The first-order chi connectivity index (χ1) is 11.2. The Morgan fingerprint density at radius 2 is 2.43 bits per heavy atom. The summed E-state index contributed by atoms with van der Waals surface area (Å²) in [5.74, 6) is 0.0973. The maximum absolute atomic E-state index is 12.3. The van der Waals surface area contributed by atoms with Gasteiger partial charge >= 0.3 is 0 Å². The molecule has 8 nitrogen and oxygen atoms in total. The Bertz CT molecular complexity index is 510. The number of hydrogen-bond acceptors (Lipinski definition) is 6. The molecular formula is C15H24N4O4. The van der Waals surface area contributed by atoms with E-state index in [2.05, 4.69) is 10.1 Å². The van der Waals surface area contributed by atoms with E-state index < -0.39 is 5.60 Å². The lowest BCUT2D eigenvalue weighted by Crippen LogP contribution is -2.47. The fourth-order valence-corrected chi connectivity index (χ4v) is 3.25. The molecule has 0 radical (unpaired) electrons. The summed E-state index contributed by atoms with van der Waals surface area (Å²) in [6, 6.07) is 0. The van der Waals surface area contributed by atoms with Crippen molar-refractivity contribution in [3.8, 4) is 0 Å². The Hall–Kier alpha value is -1.51. The maximum Gasteiger partial charge on any atom is 0.225 e. The number of ether oxygens (including phenoxy) is 3. The first kappa shape index (κ1) is 16.4. The monoisotopic (exact) mass is 324 g/mol. The number of carbonyl (C=O) groups excluding carboxylic acids is 1. The van der Waals surface area contributed by atoms with Crippen LogP contribution in [0.1, 0.15) is 19.3 Å². The lowest BCUT2D eigenvalue weighted by molar-refractivity contribution is -0.137. The molecule has 2 saturated heterocycles. The van der Waals surface area contributed by atoms with Crippen LogP contribution in [0.25, 0.3) is 0 Å². The van der Waals surface area contributed by atoms with Gasteiger partial charge in [-0.3, -0.25) is 9.48 Å². The van der Waals surface area contributed by atoms with Crippen molar-refractivity contribution >= 4 is 5.91 Å². The second kappa shape index (κ2) is 7.37. The van der Waals surface area contributed by atoms with E-state index in [1.807, 2.05) is 4.90 Å². The van der Waals surface area contributed by atoms with Gasteiger partial charge in [0.1, 0.15) is 18.3 Å². The van der Waals surface area contributed by atoms with Gasteiger partial charge < -0.3 is 19.1 Å². The Morgan fingerprint density at radius 1 is 1.52 bits per heavy atom. The Labute approximate surface area is 135 Å². The molecule has 1 spiro atoms. The molecule has 128 valence electrons. The highest BCUT2D eigenvalue weighted by Gasteiger charge is 2.44. The molecule has 2 unspecified atom stereocenters. The number of rotatable bonds is 5. The third-order valence-corrected chi connectivity index (χ3v) is 4.42. The summed E-state index contributed by atoms with van der Waals surface area (Å²) >= 11 is 0. The molecule has 0 saturated carbocycles. The molecular weight excluding hydrogens is 300 g/mol. The molecule has 2 atom stereocenters. The van der Waals surface area contributed by atoms with Gasteiger partial charge in [0.05, 0.1) is 45.4 Å². The van der Waals surface area contributed by atoms with Crippen LogP contribution < -0.4 is 0 Å². The van der Waals surface area contributed by atoms with E-state index >= 15 is 0 Å². The predicted molar refractivity (Wildman–Crippen MR) is 80.8 cm³/mol. The van der Waals surface area contributed by atoms with Crippen molar-refractivity contribution in [3.05, 3.63) is 12.7 Å². The molecule has 0 aromatic carbocycles. The van der Waals surface area contributed by atoms with Crippen LogP contribution in [0.3, 0.4) is 0 Å². The van der Waals surface area contributed by atoms with Gasteiger partial charge in [-0.05, 0) is 12.8 Å². The topological polar surface area (TPSA) is 78.7 Å². The van der Waals surface area contributed by atoms with Crippen LogP contribution in [0.5, 0.6) is 0 Å². The van der Waals surface area contributed by atoms with E-state index in [1.165, 1.54) is 6.33 Å². The van der Waals surface area contributed by atoms with Crippen molar-refractivity contribution in [1.82, 2.24) is 19.7 Å². The van der Waals surface area contributed by atoms with Gasteiger partial charge in [0.15, 0.2) is 0 Å². The summed E-state index contributed by atoms with van der Waals surface area (Å²) in [4.78, 5) is 18.1. The number of aromatic nitrogens is 3. The molecule has 0 N–H and O–H groups in total. The minimum absolute atomic E-state index is 0.0781. The molecule has 23 heavy (non-hydrogen) atoms. The molecule has 2 fully saturated rings. The number of nitrogens with zero attached hydrogens (tertiary/aromatic N) is 4. The molecule has 1 aromatic rings. The van der Waals surface area contributed by atoms with Gasteiger partial charge in [0.2, 0.25) is 5.91 Å². The first-order valence-corrected chi connectivity index (χ1v) is 8.05. The molecule has 1 amide bonds. The quantitative estimate of drug-likeness (QED) is 0.764. The minimum atomic E-state index is -0.398. The van der Waals surface area contributed by atoms with Crippen LogP contribution in [-0.4, -0.2) is 77.3 Å². The van der Waals surface area contributed by atoms with Gasteiger partial charge in [-0.25, -0.2) is 4.98 Å². The molecule has 1 aromatic heterocycles. The Balaban J connectivity index is 1.60. The fraction of sp³-hybridized carbons (Fsp3) is 0.800. The zero-order valence-electron chi connectivity index (χ0n) is 13.5. The number of hydrogen-bond donors (Lipinski definition) is 0. The van der Waals surface area contributed by atoms with Crippen molar-refractivity contribution < 1.29 is 19.0 Å². The Kier molecular flexibility index (Phi) is 5.24. The summed E-state index contributed by atoms with van der Waals surface area (Å²) in [5, 5.41) is 4.12. The normalized spacial score (nSPS) is 28.2. The van der Waals surface area contributed by atoms with Crippen molar-refractivity contribution in [2.24, 2.45) is 0 Å². The SMILES string of the molecule is COCCC(=O)N1CCOCC2(CCC(Cn3cncn3)O2)C1. The molecule has 3 rings (SSSR count). The molecule has 0 aliphatic carbocycles. The molecule has 2 aliphatic heterocycles. The van der Waals surface area contributed by atoms with E-state index in [-0.39, 0.29) is 12.0 Å². The maximum atomic E-state index is 12.3. The molecule has 3 heterocycles. The highest BCUT2D eigenvalue weighted by Crippen LogP contribution is 2.33. The molecule has 8 heteroatoms. The van der Waals surface area contributed by atoms with Crippen LogP contribution >= 0.6 is 0 Å². The van der Waals surface area contributed by atoms with Gasteiger partial charge in [0, 0.05) is 13.7 Å². The second-order valence-corrected chi connectivity index (χ2v) is 6.19.